The quantitative estimate of drug-likeness (QED) is 0.258. The Morgan fingerprint density at radius 2 is 1.85 bits per heavy atom. The number of allylic oxidation sites excluding steroid dienone is 1. The summed E-state index contributed by atoms with van der Waals surface area (Å²) in [5.74, 6) is -3.07. The zero-order chi connectivity index (χ0) is 29.1. The summed E-state index contributed by atoms with van der Waals surface area (Å²) in [6.45, 7) is 5.03. The van der Waals surface area contributed by atoms with Crippen molar-refractivity contribution in [3.8, 4) is 0 Å². The average molecular weight is 622 g/mol. The van der Waals surface area contributed by atoms with E-state index in [0.29, 0.717) is 52.5 Å². The van der Waals surface area contributed by atoms with Crippen molar-refractivity contribution in [3.63, 3.8) is 0 Å². The Bertz CT molecular complexity index is 1500. The van der Waals surface area contributed by atoms with E-state index >= 15 is 0 Å². The average Bonchev–Trinajstić information content (AvgIpc) is 3.69. The lowest BCUT2D eigenvalue weighted by Gasteiger charge is -2.36. The second kappa shape index (κ2) is 12.6. The van der Waals surface area contributed by atoms with Crippen molar-refractivity contribution in [1.29, 1.82) is 0 Å². The Morgan fingerprint density at radius 1 is 1.12 bits per heavy atom. The lowest BCUT2D eigenvalue weighted by atomic mass is 9.85. The number of esters is 2. The molecule has 0 amide bonds. The van der Waals surface area contributed by atoms with Crippen LogP contribution in [-0.4, -0.2) is 54.0 Å². The molecule has 0 aliphatic carbocycles. The fourth-order valence-electron chi connectivity index (χ4n) is 4.81. The van der Waals surface area contributed by atoms with Gasteiger partial charge in [0.2, 0.25) is 0 Å². The van der Waals surface area contributed by atoms with Gasteiger partial charge < -0.3 is 19.7 Å². The van der Waals surface area contributed by atoms with Gasteiger partial charge in [-0.25, -0.2) is 28.3 Å². The topological polar surface area (TPSA) is 106 Å². The largest absolute Gasteiger partial charge is 0.463 e. The zero-order valence-electron chi connectivity index (χ0n) is 22.2. The summed E-state index contributed by atoms with van der Waals surface area (Å²) in [6, 6.07) is 1.26. The molecule has 1 aromatic carbocycles. The van der Waals surface area contributed by atoms with Crippen molar-refractivity contribution < 1.29 is 27.8 Å². The summed E-state index contributed by atoms with van der Waals surface area (Å²) in [6.07, 6.45) is 4.40. The Balaban J connectivity index is 1.50. The van der Waals surface area contributed by atoms with E-state index in [1.54, 1.807) is 25.4 Å². The summed E-state index contributed by atoms with van der Waals surface area (Å²) in [7, 11) is 0. The number of piperidine rings is 1. The zero-order valence-corrected chi connectivity index (χ0v) is 24.5. The normalized spacial score (nSPS) is 17.7. The number of carbonyl (C=O) groups excluding carboxylic acids is 2. The minimum absolute atomic E-state index is 0.113. The molecule has 1 N–H and O–H groups in total. The number of rotatable bonds is 8. The fraction of sp³-hybridized carbons (Fsp3) is 0.370. The van der Waals surface area contributed by atoms with Crippen LogP contribution in [0.15, 0.2) is 46.2 Å². The number of amidine groups is 1. The molecule has 0 bridgehead atoms. The molecule has 2 aliphatic rings. The van der Waals surface area contributed by atoms with Crippen LogP contribution in [0.5, 0.6) is 0 Å². The van der Waals surface area contributed by atoms with Gasteiger partial charge in [-0.1, -0.05) is 29.0 Å². The summed E-state index contributed by atoms with van der Waals surface area (Å²) in [5, 5.41) is 5.94. The third-order valence-electron chi connectivity index (χ3n) is 6.71. The molecular formula is C27H26ClF2N5O4S2. The van der Waals surface area contributed by atoms with Crippen LogP contribution < -0.4 is 10.2 Å². The van der Waals surface area contributed by atoms with Crippen molar-refractivity contribution in [1.82, 2.24) is 15.3 Å². The van der Waals surface area contributed by atoms with Crippen molar-refractivity contribution >= 4 is 57.2 Å². The molecule has 3 aromatic rings. The number of aliphatic imine (C=N–C) groups is 1. The molecular weight excluding hydrogens is 596 g/mol. The van der Waals surface area contributed by atoms with Gasteiger partial charge in [-0.05, 0) is 32.8 Å². The van der Waals surface area contributed by atoms with Crippen LogP contribution in [0.3, 0.4) is 0 Å². The maximum Gasteiger partial charge on any atom is 0.350 e. The molecule has 0 saturated carbocycles. The number of nitrogens with one attached hydrogen (secondary N) is 1. The second-order valence-corrected chi connectivity index (χ2v) is 11.4. The van der Waals surface area contributed by atoms with Crippen molar-refractivity contribution in [2.45, 2.75) is 32.7 Å². The molecule has 216 valence electrons. The minimum atomic E-state index is -1.21. The standard InChI is InChI=1S/C27H26ClF2N5O4S2/c1-3-38-25(36)17-13-32-27(41-17)35-10-7-14(8-11-35)21-18(26(37)39-4-2)22(15-5-6-16(29)20(30)19(15)28)34-23(33-21)24-31-9-12-40-24/h5-6,9,12-14,22H,3-4,7-8,10-11H2,1-2H3,(H,33,34). The van der Waals surface area contributed by atoms with Gasteiger partial charge in [0.1, 0.15) is 10.9 Å². The van der Waals surface area contributed by atoms with E-state index in [1.807, 2.05) is 0 Å². The lowest BCUT2D eigenvalue weighted by Crippen LogP contribution is -2.41. The Kier molecular flexibility index (Phi) is 8.95. The molecule has 0 radical (unpaired) electrons. The fourth-order valence-corrected chi connectivity index (χ4v) is 6.52. The lowest BCUT2D eigenvalue weighted by molar-refractivity contribution is -0.139. The molecule has 1 atom stereocenters. The third-order valence-corrected chi connectivity index (χ3v) is 8.91. The Morgan fingerprint density at radius 3 is 2.54 bits per heavy atom. The number of hydrogen-bond acceptors (Lipinski definition) is 11. The van der Waals surface area contributed by atoms with Gasteiger partial charge in [0.25, 0.3) is 0 Å². The molecule has 0 spiro atoms. The molecule has 2 aromatic heterocycles. The van der Waals surface area contributed by atoms with E-state index in [2.05, 4.69) is 20.2 Å². The molecule has 41 heavy (non-hydrogen) atoms. The summed E-state index contributed by atoms with van der Waals surface area (Å²) >= 11 is 8.89. The van der Waals surface area contributed by atoms with Crippen LogP contribution in [0.25, 0.3) is 0 Å². The molecule has 4 heterocycles. The monoisotopic (exact) mass is 621 g/mol. The molecule has 9 nitrogen and oxygen atoms in total. The SMILES string of the molecule is CCOC(=O)C1=C(C2CCN(c3ncc(C(=O)OCC)s3)CC2)NC(c2nccs2)=NC1c1ccc(F)c(F)c1Cl. The summed E-state index contributed by atoms with van der Waals surface area (Å²) in [4.78, 5) is 41.5. The number of benzene rings is 1. The Labute approximate surface area is 247 Å². The van der Waals surface area contributed by atoms with Crippen molar-refractivity contribution in [2.24, 2.45) is 10.9 Å². The van der Waals surface area contributed by atoms with E-state index in [-0.39, 0.29) is 30.3 Å². The second-order valence-electron chi connectivity index (χ2n) is 9.14. The molecule has 14 heteroatoms. The number of halogens is 3. The number of thiazole rings is 2. The molecule has 5 rings (SSSR count). The van der Waals surface area contributed by atoms with Gasteiger partial charge in [-0.15, -0.1) is 11.3 Å². The van der Waals surface area contributed by atoms with Crippen molar-refractivity contribution in [2.75, 3.05) is 31.2 Å². The molecule has 1 fully saturated rings. The molecule has 1 unspecified atom stereocenters. The van der Waals surface area contributed by atoms with Crippen LogP contribution in [0.4, 0.5) is 13.9 Å². The van der Waals surface area contributed by atoms with Gasteiger partial charge in [-0.2, -0.15) is 0 Å². The maximum absolute atomic E-state index is 14.6. The first kappa shape index (κ1) is 29.1. The first-order valence-electron chi connectivity index (χ1n) is 13.0. The maximum atomic E-state index is 14.6. The van der Waals surface area contributed by atoms with Crippen LogP contribution in [0.1, 0.15) is 53.0 Å². The van der Waals surface area contributed by atoms with Gasteiger partial charge in [0.15, 0.2) is 27.6 Å². The summed E-state index contributed by atoms with van der Waals surface area (Å²) in [5.41, 5.74) is 0.922. The smallest absolute Gasteiger partial charge is 0.350 e. The number of nitrogens with zero attached hydrogens (tertiary/aromatic N) is 4. The van der Waals surface area contributed by atoms with Gasteiger partial charge in [-0.3, -0.25) is 4.99 Å². The molecule has 1 saturated heterocycles. The van der Waals surface area contributed by atoms with E-state index in [4.69, 9.17) is 26.1 Å². The van der Waals surface area contributed by atoms with Crippen molar-refractivity contribution in [3.05, 3.63) is 73.3 Å². The predicted molar refractivity (Wildman–Crippen MR) is 153 cm³/mol. The minimum Gasteiger partial charge on any atom is -0.463 e. The highest BCUT2D eigenvalue weighted by molar-refractivity contribution is 7.17. The number of ether oxygens (including phenoxy) is 2. The number of carbonyl (C=O) groups is 2. The van der Waals surface area contributed by atoms with Crippen LogP contribution in [-0.2, 0) is 14.3 Å². The highest BCUT2D eigenvalue weighted by Crippen LogP contribution is 2.41. The third kappa shape index (κ3) is 5.97. The highest BCUT2D eigenvalue weighted by Gasteiger charge is 2.38. The predicted octanol–water partition coefficient (Wildman–Crippen LogP) is 5.53. The molecule has 2 aliphatic heterocycles. The van der Waals surface area contributed by atoms with Crippen LogP contribution in [0, 0.1) is 17.6 Å². The van der Waals surface area contributed by atoms with E-state index in [0.717, 1.165) is 6.07 Å². The first-order chi connectivity index (χ1) is 19.8. The number of anilines is 1. The number of aromatic nitrogens is 2. The van der Waals surface area contributed by atoms with Gasteiger partial charge in [0, 0.05) is 41.8 Å². The van der Waals surface area contributed by atoms with E-state index in [1.165, 1.54) is 34.9 Å². The summed E-state index contributed by atoms with van der Waals surface area (Å²) < 4.78 is 39.1. The first-order valence-corrected chi connectivity index (χ1v) is 15.1. The number of hydrogen-bond donors (Lipinski definition) is 1. The van der Waals surface area contributed by atoms with E-state index in [9.17, 15) is 18.4 Å². The highest BCUT2D eigenvalue weighted by atomic mass is 35.5. The van der Waals surface area contributed by atoms with Gasteiger partial charge >= 0.3 is 11.9 Å². The Hall–Kier alpha value is -3.42. The van der Waals surface area contributed by atoms with Crippen LogP contribution in [0.2, 0.25) is 5.02 Å². The van der Waals surface area contributed by atoms with Gasteiger partial charge in [0.05, 0.1) is 30.0 Å². The van der Waals surface area contributed by atoms with Crippen LogP contribution >= 0.6 is 34.3 Å². The van der Waals surface area contributed by atoms with E-state index < -0.39 is 34.6 Å².